The number of tetrazole rings is 1. The second kappa shape index (κ2) is 4.99. The molecule has 0 radical (unpaired) electrons. The van der Waals surface area contributed by atoms with Gasteiger partial charge in [-0.1, -0.05) is 0 Å². The van der Waals surface area contributed by atoms with Gasteiger partial charge >= 0.3 is 0 Å². The van der Waals surface area contributed by atoms with Crippen LogP contribution in [-0.2, 0) is 18.4 Å². The van der Waals surface area contributed by atoms with Crippen molar-refractivity contribution in [1.29, 1.82) is 0 Å². The molecule has 1 amide bonds. The quantitative estimate of drug-likeness (QED) is 0.298. The van der Waals surface area contributed by atoms with Crippen molar-refractivity contribution in [2.24, 2.45) is 18.8 Å². The van der Waals surface area contributed by atoms with E-state index in [-0.39, 0.29) is 11.8 Å². The third-order valence-corrected chi connectivity index (χ3v) is 3.62. The molecule has 100 valence electrons. The van der Waals surface area contributed by atoms with E-state index >= 15 is 0 Å². The number of piperidine rings is 1. The smallest absolute Gasteiger partial charge is 0.237 e. The van der Waals surface area contributed by atoms with Crippen LogP contribution in [0.3, 0.4) is 0 Å². The van der Waals surface area contributed by atoms with E-state index in [4.69, 9.17) is 5.84 Å². The summed E-state index contributed by atoms with van der Waals surface area (Å²) in [6, 6.07) is 0. The average Bonchev–Trinajstić information content (AvgIpc) is 2.74. The van der Waals surface area contributed by atoms with Crippen LogP contribution >= 0.6 is 0 Å². The fourth-order valence-corrected chi connectivity index (χ4v) is 2.46. The number of hydrazine groups is 1. The maximum Gasteiger partial charge on any atom is 0.237 e. The van der Waals surface area contributed by atoms with Crippen LogP contribution < -0.4 is 11.3 Å². The molecule has 0 atom stereocenters. The molecule has 0 spiro atoms. The summed E-state index contributed by atoms with van der Waals surface area (Å²) in [6.07, 6.45) is 1.69. The van der Waals surface area contributed by atoms with Gasteiger partial charge in [0.05, 0.1) is 27.2 Å². The fraction of sp³-hybridized carbons (Fsp3) is 0.800. The van der Waals surface area contributed by atoms with Gasteiger partial charge in [-0.3, -0.25) is 10.2 Å². The van der Waals surface area contributed by atoms with Crippen LogP contribution in [0.4, 0.5) is 0 Å². The lowest BCUT2D eigenvalue weighted by Gasteiger charge is -2.39. The van der Waals surface area contributed by atoms with Crippen molar-refractivity contribution < 1.29 is 9.28 Å². The van der Waals surface area contributed by atoms with E-state index < -0.39 is 0 Å². The fourth-order valence-electron chi connectivity index (χ4n) is 2.46. The standard InChI is InChI=1S/C10H19N7O/c1-16-14-9(13-15-16)7-17(2)5-3-8(4-6-17)10(18)12-11/h8H,3-7H2,1-2H3,(H2-,11,12,13,14,15,18)/p+1. The highest BCUT2D eigenvalue weighted by molar-refractivity contribution is 5.77. The first-order valence-corrected chi connectivity index (χ1v) is 6.09. The molecule has 8 heteroatoms. The second-order valence-corrected chi connectivity index (χ2v) is 5.20. The van der Waals surface area contributed by atoms with Gasteiger partial charge in [-0.15, -0.1) is 10.2 Å². The lowest BCUT2D eigenvalue weighted by atomic mass is 9.94. The van der Waals surface area contributed by atoms with E-state index in [0.717, 1.165) is 42.8 Å². The number of hydrogen-bond acceptors (Lipinski definition) is 5. The molecule has 0 bridgehead atoms. The van der Waals surface area contributed by atoms with Crippen LogP contribution in [-0.4, -0.2) is 50.7 Å². The molecule has 1 saturated heterocycles. The zero-order valence-electron chi connectivity index (χ0n) is 10.8. The Balaban J connectivity index is 1.93. The van der Waals surface area contributed by atoms with Crippen LogP contribution in [0.5, 0.6) is 0 Å². The molecule has 0 aromatic carbocycles. The van der Waals surface area contributed by atoms with Gasteiger partial charge in [-0.2, -0.15) is 4.80 Å². The zero-order chi connectivity index (χ0) is 13.2. The molecule has 2 rings (SSSR count). The molecule has 1 fully saturated rings. The number of amides is 1. The minimum Gasteiger partial charge on any atom is -0.320 e. The Bertz CT molecular complexity index is 422. The summed E-state index contributed by atoms with van der Waals surface area (Å²) in [7, 11) is 3.92. The highest BCUT2D eigenvalue weighted by Gasteiger charge is 2.34. The number of nitrogens with two attached hydrogens (primary N) is 1. The summed E-state index contributed by atoms with van der Waals surface area (Å²) in [5.41, 5.74) is 2.23. The minimum atomic E-state index is -0.0566. The number of likely N-dealkylation sites (tertiary alicyclic amines) is 1. The normalized spacial score (nSPS) is 28.1. The Hall–Kier alpha value is -1.54. The molecule has 1 aromatic heterocycles. The number of carbonyl (C=O) groups excluding carboxylic acids is 1. The van der Waals surface area contributed by atoms with E-state index in [1.807, 2.05) is 0 Å². The zero-order valence-corrected chi connectivity index (χ0v) is 10.8. The number of nitrogens with zero attached hydrogens (tertiary/aromatic N) is 5. The maximum atomic E-state index is 11.5. The Morgan fingerprint density at radius 1 is 1.56 bits per heavy atom. The van der Waals surface area contributed by atoms with E-state index in [1.165, 1.54) is 4.80 Å². The number of quaternary nitrogens is 1. The minimum absolute atomic E-state index is 0.0380. The average molecular weight is 254 g/mol. The first-order valence-electron chi connectivity index (χ1n) is 6.09. The molecule has 0 unspecified atom stereocenters. The highest BCUT2D eigenvalue weighted by atomic mass is 16.2. The van der Waals surface area contributed by atoms with Crippen molar-refractivity contribution >= 4 is 5.91 Å². The molecule has 3 N–H and O–H groups in total. The number of aryl methyl sites for hydroxylation is 1. The third kappa shape index (κ3) is 2.82. The van der Waals surface area contributed by atoms with Gasteiger partial charge in [0.15, 0.2) is 0 Å². The van der Waals surface area contributed by atoms with Crippen molar-refractivity contribution in [3.05, 3.63) is 5.82 Å². The van der Waals surface area contributed by atoms with Crippen LogP contribution in [0, 0.1) is 5.92 Å². The topological polar surface area (TPSA) is 98.7 Å². The molecule has 18 heavy (non-hydrogen) atoms. The van der Waals surface area contributed by atoms with Crippen LogP contribution in [0.2, 0.25) is 0 Å². The molecule has 8 nitrogen and oxygen atoms in total. The first-order chi connectivity index (χ1) is 8.52. The van der Waals surface area contributed by atoms with Gasteiger partial charge in [0.1, 0.15) is 6.54 Å². The Labute approximate surface area is 106 Å². The lowest BCUT2D eigenvalue weighted by molar-refractivity contribution is -0.928. The van der Waals surface area contributed by atoms with Crippen molar-refractivity contribution in [1.82, 2.24) is 25.6 Å². The van der Waals surface area contributed by atoms with Gasteiger partial charge in [0, 0.05) is 18.8 Å². The van der Waals surface area contributed by atoms with Crippen molar-refractivity contribution in [3.63, 3.8) is 0 Å². The van der Waals surface area contributed by atoms with Gasteiger partial charge in [0.25, 0.3) is 0 Å². The Morgan fingerprint density at radius 2 is 2.22 bits per heavy atom. The highest BCUT2D eigenvalue weighted by Crippen LogP contribution is 2.23. The number of rotatable bonds is 3. The maximum absolute atomic E-state index is 11.5. The van der Waals surface area contributed by atoms with Crippen molar-refractivity contribution in [2.75, 3.05) is 20.1 Å². The molecule has 1 aromatic rings. The van der Waals surface area contributed by atoms with E-state index in [1.54, 1.807) is 7.05 Å². The van der Waals surface area contributed by atoms with E-state index in [0.29, 0.717) is 0 Å². The number of hydrogen-bond donors (Lipinski definition) is 2. The lowest BCUT2D eigenvalue weighted by Crippen LogP contribution is -2.52. The number of carbonyl (C=O) groups is 1. The Morgan fingerprint density at radius 3 is 2.72 bits per heavy atom. The molecular formula is C10H20N7O+. The predicted octanol–water partition coefficient (Wildman–Crippen LogP) is -1.44. The largest absolute Gasteiger partial charge is 0.320 e. The number of aromatic nitrogens is 4. The van der Waals surface area contributed by atoms with Crippen LogP contribution in [0.1, 0.15) is 18.7 Å². The molecule has 0 aliphatic carbocycles. The van der Waals surface area contributed by atoms with Gasteiger partial charge in [-0.25, -0.2) is 5.84 Å². The second-order valence-electron chi connectivity index (χ2n) is 5.20. The molecule has 1 aliphatic heterocycles. The summed E-state index contributed by atoms with van der Waals surface area (Å²) in [4.78, 5) is 12.9. The molecule has 2 heterocycles. The summed E-state index contributed by atoms with van der Waals surface area (Å²) in [6.45, 7) is 2.61. The van der Waals surface area contributed by atoms with E-state index in [9.17, 15) is 4.79 Å². The predicted molar refractivity (Wildman–Crippen MR) is 63.5 cm³/mol. The summed E-state index contributed by atoms with van der Waals surface area (Å²) < 4.78 is 0.847. The SMILES string of the molecule is Cn1nnc(C[N+]2(C)CCC(C(=O)NN)CC2)n1. The van der Waals surface area contributed by atoms with Crippen molar-refractivity contribution in [2.45, 2.75) is 19.4 Å². The molecule has 0 saturated carbocycles. The Kier molecular flexibility index (Phi) is 3.58. The summed E-state index contributed by atoms with van der Waals surface area (Å²) in [5, 5.41) is 12.0. The van der Waals surface area contributed by atoms with Gasteiger partial charge in [-0.05, 0) is 5.21 Å². The third-order valence-electron chi connectivity index (χ3n) is 3.62. The van der Waals surface area contributed by atoms with Crippen LogP contribution in [0.15, 0.2) is 0 Å². The molecular weight excluding hydrogens is 234 g/mol. The summed E-state index contributed by atoms with van der Waals surface area (Å²) in [5.74, 6) is 5.89. The van der Waals surface area contributed by atoms with Gasteiger partial charge < -0.3 is 4.48 Å². The van der Waals surface area contributed by atoms with Crippen molar-refractivity contribution in [3.8, 4) is 0 Å². The van der Waals surface area contributed by atoms with Gasteiger partial charge in [0.2, 0.25) is 11.7 Å². The van der Waals surface area contributed by atoms with E-state index in [2.05, 4.69) is 27.9 Å². The number of nitrogens with one attached hydrogen (secondary N) is 1. The summed E-state index contributed by atoms with van der Waals surface area (Å²) >= 11 is 0. The first kappa shape index (κ1) is 12.9. The van der Waals surface area contributed by atoms with Crippen LogP contribution in [0.25, 0.3) is 0 Å². The monoisotopic (exact) mass is 254 g/mol. The molecule has 1 aliphatic rings.